The fourth-order valence-electron chi connectivity index (χ4n) is 2.28. The van der Waals surface area contributed by atoms with Crippen molar-refractivity contribution in [2.45, 2.75) is 64.0 Å². The highest BCUT2D eigenvalue weighted by Crippen LogP contribution is 2.40. The molecule has 1 aromatic rings. The van der Waals surface area contributed by atoms with Gasteiger partial charge in [-0.25, -0.2) is 0 Å². The first-order chi connectivity index (χ1) is 9.29. The minimum Gasteiger partial charge on any atom is -0.414 e. The van der Waals surface area contributed by atoms with E-state index >= 15 is 0 Å². The van der Waals surface area contributed by atoms with Crippen molar-refractivity contribution in [3.05, 3.63) is 30.1 Å². The van der Waals surface area contributed by atoms with E-state index in [2.05, 4.69) is 38.8 Å². The molecule has 1 fully saturated rings. The zero-order chi connectivity index (χ0) is 14.8. The zero-order valence-electron chi connectivity index (χ0n) is 13.3. The summed E-state index contributed by atoms with van der Waals surface area (Å²) in [7, 11) is -1.69. The molecule has 0 spiro atoms. The molecule has 0 aliphatic carbocycles. The summed E-state index contributed by atoms with van der Waals surface area (Å²) in [5, 5.41) is 0.261. The lowest BCUT2D eigenvalue weighted by Crippen LogP contribution is -2.45. The summed E-state index contributed by atoms with van der Waals surface area (Å²) in [4.78, 5) is 4.07. The minimum atomic E-state index is -1.69. The van der Waals surface area contributed by atoms with Gasteiger partial charge in [0.2, 0.25) is 0 Å². The Kier molecular flexibility index (Phi) is 4.67. The van der Waals surface area contributed by atoms with Gasteiger partial charge in [0.25, 0.3) is 0 Å². The maximum Gasteiger partial charge on any atom is 0.192 e. The lowest BCUT2D eigenvalue weighted by atomic mass is 10.0. The Bertz CT molecular complexity index is 428. The molecule has 0 bridgehead atoms. The van der Waals surface area contributed by atoms with Crippen LogP contribution in [0.5, 0.6) is 0 Å². The highest BCUT2D eigenvalue weighted by molar-refractivity contribution is 6.74. The second-order valence-electron chi connectivity index (χ2n) is 7.16. The highest BCUT2D eigenvalue weighted by Gasteiger charge is 2.40. The quantitative estimate of drug-likeness (QED) is 0.778. The van der Waals surface area contributed by atoms with Crippen molar-refractivity contribution in [1.29, 1.82) is 0 Å². The third-order valence-corrected chi connectivity index (χ3v) is 9.12. The van der Waals surface area contributed by atoms with Gasteiger partial charge in [-0.05, 0) is 42.2 Å². The number of nitrogens with zero attached hydrogens (tertiary/aromatic N) is 1. The summed E-state index contributed by atoms with van der Waals surface area (Å²) >= 11 is 0. The molecule has 4 heteroatoms. The van der Waals surface area contributed by atoms with E-state index in [1.54, 1.807) is 0 Å². The van der Waals surface area contributed by atoms with Crippen molar-refractivity contribution < 1.29 is 9.16 Å². The van der Waals surface area contributed by atoms with Crippen LogP contribution in [0.2, 0.25) is 18.1 Å². The Morgan fingerprint density at radius 1 is 1.25 bits per heavy atom. The van der Waals surface area contributed by atoms with E-state index in [0.717, 1.165) is 19.4 Å². The van der Waals surface area contributed by atoms with Crippen molar-refractivity contribution in [2.24, 2.45) is 0 Å². The first-order valence-electron chi connectivity index (χ1n) is 7.49. The standard InChI is InChI=1S/C16H27NO2Si/c1-16(2,3)20(4,5)19-14-8-11-18-15(12-14)13-6-9-17-10-7-13/h6-7,9-10,14-15H,8,11-12H2,1-5H3/t14-,15+/m1/s1. The van der Waals surface area contributed by atoms with Gasteiger partial charge in [0.15, 0.2) is 8.32 Å². The maximum atomic E-state index is 6.54. The number of pyridine rings is 1. The molecule has 20 heavy (non-hydrogen) atoms. The third-order valence-electron chi connectivity index (χ3n) is 4.58. The minimum absolute atomic E-state index is 0.154. The molecular weight excluding hydrogens is 266 g/mol. The second-order valence-corrected chi connectivity index (χ2v) is 11.9. The average Bonchev–Trinajstić information content (AvgIpc) is 2.38. The van der Waals surface area contributed by atoms with E-state index in [-0.39, 0.29) is 11.1 Å². The van der Waals surface area contributed by atoms with Gasteiger partial charge in [0, 0.05) is 25.4 Å². The molecule has 3 nitrogen and oxygen atoms in total. The lowest BCUT2D eigenvalue weighted by Gasteiger charge is -2.41. The van der Waals surface area contributed by atoms with Crippen molar-refractivity contribution >= 4 is 8.32 Å². The van der Waals surface area contributed by atoms with Crippen LogP contribution in [0, 0.1) is 0 Å². The van der Waals surface area contributed by atoms with Gasteiger partial charge in [-0.1, -0.05) is 20.8 Å². The second kappa shape index (κ2) is 5.96. The Labute approximate surface area is 123 Å². The largest absolute Gasteiger partial charge is 0.414 e. The molecule has 0 N–H and O–H groups in total. The molecule has 2 atom stereocenters. The van der Waals surface area contributed by atoms with Gasteiger partial charge in [0.1, 0.15) is 0 Å². The predicted molar refractivity (Wildman–Crippen MR) is 84.2 cm³/mol. The summed E-state index contributed by atoms with van der Waals surface area (Å²) < 4.78 is 12.4. The molecule has 1 aliphatic rings. The lowest BCUT2D eigenvalue weighted by molar-refractivity contribution is -0.0403. The molecule has 2 heterocycles. The van der Waals surface area contributed by atoms with Crippen molar-refractivity contribution in [1.82, 2.24) is 4.98 Å². The van der Waals surface area contributed by atoms with Crippen LogP contribution in [0.25, 0.3) is 0 Å². The number of aromatic nitrogens is 1. The van der Waals surface area contributed by atoms with Gasteiger partial charge in [-0.3, -0.25) is 4.98 Å². The van der Waals surface area contributed by atoms with Crippen molar-refractivity contribution in [2.75, 3.05) is 6.61 Å². The van der Waals surface area contributed by atoms with E-state index in [1.807, 2.05) is 24.5 Å². The van der Waals surface area contributed by atoms with Crippen LogP contribution in [-0.4, -0.2) is 26.0 Å². The van der Waals surface area contributed by atoms with Gasteiger partial charge in [0.05, 0.1) is 12.2 Å². The van der Waals surface area contributed by atoms with E-state index in [1.165, 1.54) is 5.56 Å². The molecular formula is C16H27NO2Si. The molecule has 2 rings (SSSR count). The first kappa shape index (κ1) is 15.7. The topological polar surface area (TPSA) is 31.4 Å². The van der Waals surface area contributed by atoms with E-state index in [4.69, 9.17) is 9.16 Å². The molecule has 1 saturated heterocycles. The molecule has 0 aromatic carbocycles. The van der Waals surface area contributed by atoms with Crippen molar-refractivity contribution in [3.63, 3.8) is 0 Å². The van der Waals surface area contributed by atoms with Gasteiger partial charge in [-0.2, -0.15) is 0 Å². The molecule has 112 valence electrons. The average molecular weight is 293 g/mol. The van der Waals surface area contributed by atoms with Gasteiger partial charge in [-0.15, -0.1) is 0 Å². The fourth-order valence-corrected chi connectivity index (χ4v) is 3.68. The van der Waals surface area contributed by atoms with Crippen LogP contribution < -0.4 is 0 Å². The Morgan fingerprint density at radius 3 is 2.50 bits per heavy atom. The maximum absolute atomic E-state index is 6.54. The van der Waals surface area contributed by atoms with E-state index in [0.29, 0.717) is 6.10 Å². The van der Waals surface area contributed by atoms with Crippen LogP contribution in [0.1, 0.15) is 45.3 Å². The van der Waals surface area contributed by atoms with Crippen LogP contribution >= 0.6 is 0 Å². The van der Waals surface area contributed by atoms with E-state index in [9.17, 15) is 0 Å². The Morgan fingerprint density at radius 2 is 1.90 bits per heavy atom. The molecule has 0 saturated carbocycles. The summed E-state index contributed by atoms with van der Waals surface area (Å²) in [6.07, 6.45) is 6.10. The number of rotatable bonds is 3. The summed E-state index contributed by atoms with van der Waals surface area (Å²) in [5.74, 6) is 0. The smallest absolute Gasteiger partial charge is 0.192 e. The third kappa shape index (κ3) is 3.68. The molecule has 1 aliphatic heterocycles. The van der Waals surface area contributed by atoms with E-state index < -0.39 is 8.32 Å². The monoisotopic (exact) mass is 293 g/mol. The fraction of sp³-hybridized carbons (Fsp3) is 0.688. The molecule has 1 aromatic heterocycles. The molecule has 0 unspecified atom stereocenters. The van der Waals surface area contributed by atoms with Gasteiger partial charge >= 0.3 is 0 Å². The van der Waals surface area contributed by atoms with Crippen LogP contribution in [-0.2, 0) is 9.16 Å². The summed E-state index contributed by atoms with van der Waals surface area (Å²) in [6, 6.07) is 4.08. The highest BCUT2D eigenvalue weighted by atomic mass is 28.4. The SMILES string of the molecule is CC(C)(C)[Si](C)(C)O[C@@H]1CCO[C@H](c2ccncc2)C1. The zero-order valence-corrected chi connectivity index (χ0v) is 14.3. The summed E-state index contributed by atoms with van der Waals surface area (Å²) in [6.45, 7) is 12.3. The normalized spacial score (nSPS) is 24.6. The molecule has 0 radical (unpaired) electrons. The van der Waals surface area contributed by atoms with Gasteiger partial charge < -0.3 is 9.16 Å². The van der Waals surface area contributed by atoms with Crippen LogP contribution in [0.4, 0.5) is 0 Å². The first-order valence-corrected chi connectivity index (χ1v) is 10.4. The Hall–Kier alpha value is -0.713. The number of hydrogen-bond acceptors (Lipinski definition) is 3. The number of ether oxygens (including phenoxy) is 1. The van der Waals surface area contributed by atoms with Crippen LogP contribution in [0.3, 0.4) is 0 Å². The predicted octanol–water partition coefficient (Wildman–Crippen LogP) is 4.32. The number of hydrogen-bond donors (Lipinski definition) is 0. The van der Waals surface area contributed by atoms with Crippen LogP contribution in [0.15, 0.2) is 24.5 Å². The Balaban J connectivity index is 2.01. The van der Waals surface area contributed by atoms with Crippen molar-refractivity contribution in [3.8, 4) is 0 Å². The summed E-state index contributed by atoms with van der Waals surface area (Å²) in [5.41, 5.74) is 1.21. The molecule has 0 amide bonds.